The van der Waals surface area contributed by atoms with E-state index in [9.17, 15) is 4.39 Å². The van der Waals surface area contributed by atoms with Crippen molar-refractivity contribution in [3.63, 3.8) is 0 Å². The van der Waals surface area contributed by atoms with Crippen LogP contribution in [0.25, 0.3) is 0 Å². The molecule has 0 aliphatic carbocycles. The van der Waals surface area contributed by atoms with Gasteiger partial charge in [0.1, 0.15) is 5.82 Å². The van der Waals surface area contributed by atoms with Crippen LogP contribution in [0.3, 0.4) is 0 Å². The van der Waals surface area contributed by atoms with Crippen LogP contribution in [0, 0.1) is 11.7 Å². The number of hydrogen-bond donors (Lipinski definition) is 3. The molecule has 0 bridgehead atoms. The Morgan fingerprint density at radius 3 is 2.84 bits per heavy atom. The maximum atomic E-state index is 13.5. The summed E-state index contributed by atoms with van der Waals surface area (Å²) in [5, 5.41) is 3.95. The highest BCUT2D eigenvalue weighted by Crippen LogP contribution is 2.32. The monoisotopic (exact) mass is 305 g/mol. The van der Waals surface area contributed by atoms with Crippen molar-refractivity contribution in [1.82, 2.24) is 16.2 Å². The summed E-state index contributed by atoms with van der Waals surface area (Å²) in [6, 6.07) is 3.13. The molecular formula is C13H18Cl2FN3. The van der Waals surface area contributed by atoms with Crippen molar-refractivity contribution >= 4 is 23.2 Å². The van der Waals surface area contributed by atoms with Gasteiger partial charge in [-0.1, -0.05) is 23.2 Å². The van der Waals surface area contributed by atoms with Crippen molar-refractivity contribution in [2.24, 2.45) is 5.92 Å². The molecule has 3 unspecified atom stereocenters. The molecule has 1 heterocycles. The Bertz CT molecular complexity index is 456. The van der Waals surface area contributed by atoms with E-state index in [2.05, 4.69) is 23.1 Å². The van der Waals surface area contributed by atoms with Crippen molar-refractivity contribution in [3.05, 3.63) is 33.6 Å². The van der Waals surface area contributed by atoms with Gasteiger partial charge in [0.2, 0.25) is 0 Å². The average Bonchev–Trinajstić information content (AvgIpc) is 2.77. The number of halogens is 3. The molecule has 1 aromatic rings. The van der Waals surface area contributed by atoms with Crippen molar-refractivity contribution in [2.75, 3.05) is 13.1 Å². The number of hydrazine groups is 1. The molecule has 0 aromatic heterocycles. The molecule has 0 radical (unpaired) electrons. The molecular weight excluding hydrogens is 288 g/mol. The van der Waals surface area contributed by atoms with Gasteiger partial charge in [-0.3, -0.25) is 10.9 Å². The minimum atomic E-state index is -0.438. The summed E-state index contributed by atoms with van der Waals surface area (Å²) in [6.07, 6.45) is 0. The highest BCUT2D eigenvalue weighted by molar-refractivity contribution is 6.36. The predicted octanol–water partition coefficient (Wildman–Crippen LogP) is 2.90. The van der Waals surface area contributed by atoms with Crippen LogP contribution < -0.4 is 16.2 Å². The molecule has 0 amide bonds. The lowest BCUT2D eigenvalue weighted by Gasteiger charge is -2.21. The Kier molecular flexibility index (Phi) is 5.03. The van der Waals surface area contributed by atoms with E-state index in [1.165, 1.54) is 12.1 Å². The van der Waals surface area contributed by atoms with Crippen LogP contribution in [0.15, 0.2) is 12.1 Å². The zero-order chi connectivity index (χ0) is 14.0. The quantitative estimate of drug-likeness (QED) is 0.749. The molecule has 19 heavy (non-hydrogen) atoms. The van der Waals surface area contributed by atoms with Crippen LogP contribution in [0.5, 0.6) is 0 Å². The van der Waals surface area contributed by atoms with E-state index in [-0.39, 0.29) is 11.1 Å². The van der Waals surface area contributed by atoms with E-state index >= 15 is 0 Å². The number of hydrogen-bond acceptors (Lipinski definition) is 3. The van der Waals surface area contributed by atoms with Gasteiger partial charge < -0.3 is 5.32 Å². The molecule has 1 aromatic carbocycles. The molecule has 6 heteroatoms. The van der Waals surface area contributed by atoms with Gasteiger partial charge in [-0.05, 0) is 26.0 Å². The Labute approximate surface area is 122 Å². The number of nitrogens with one attached hydrogen (secondary N) is 3. The lowest BCUT2D eigenvalue weighted by molar-refractivity contribution is 0.428. The van der Waals surface area contributed by atoms with E-state index in [0.717, 1.165) is 13.1 Å². The Balaban J connectivity index is 2.03. The third-order valence-electron chi connectivity index (χ3n) is 3.60. The molecule has 2 rings (SSSR count). The minimum absolute atomic E-state index is 0.0940. The number of rotatable bonds is 4. The van der Waals surface area contributed by atoms with E-state index in [1.807, 2.05) is 6.92 Å². The highest BCUT2D eigenvalue weighted by Gasteiger charge is 2.24. The average molecular weight is 306 g/mol. The fraction of sp³-hybridized carbons (Fsp3) is 0.538. The third kappa shape index (κ3) is 3.38. The molecule has 1 aliphatic heterocycles. The summed E-state index contributed by atoms with van der Waals surface area (Å²) >= 11 is 12.1. The van der Waals surface area contributed by atoms with E-state index in [1.54, 1.807) is 0 Å². The van der Waals surface area contributed by atoms with Gasteiger partial charge >= 0.3 is 0 Å². The van der Waals surface area contributed by atoms with Gasteiger partial charge in [-0.2, -0.15) is 0 Å². The fourth-order valence-corrected chi connectivity index (χ4v) is 2.96. The highest BCUT2D eigenvalue weighted by atomic mass is 35.5. The first-order valence-corrected chi connectivity index (χ1v) is 7.11. The van der Waals surface area contributed by atoms with Gasteiger partial charge in [0.15, 0.2) is 0 Å². The van der Waals surface area contributed by atoms with Crippen LogP contribution >= 0.6 is 23.2 Å². The maximum absolute atomic E-state index is 13.5. The molecule has 106 valence electrons. The normalized spacial score (nSPS) is 24.7. The molecule has 3 atom stereocenters. The van der Waals surface area contributed by atoms with Crippen LogP contribution in [0.4, 0.5) is 4.39 Å². The third-order valence-corrected chi connectivity index (χ3v) is 4.31. The van der Waals surface area contributed by atoms with E-state index < -0.39 is 5.82 Å². The zero-order valence-corrected chi connectivity index (χ0v) is 12.4. The van der Waals surface area contributed by atoms with Gasteiger partial charge in [0.05, 0.1) is 5.02 Å². The first kappa shape index (κ1) is 15.0. The van der Waals surface area contributed by atoms with Crippen molar-refractivity contribution < 1.29 is 4.39 Å². The van der Waals surface area contributed by atoms with E-state index in [0.29, 0.717) is 22.5 Å². The second-order valence-corrected chi connectivity index (χ2v) is 5.75. The molecule has 1 saturated heterocycles. The topological polar surface area (TPSA) is 36.1 Å². The van der Waals surface area contributed by atoms with Gasteiger partial charge in [0.25, 0.3) is 0 Å². The molecule has 0 spiro atoms. The van der Waals surface area contributed by atoms with Crippen LogP contribution in [-0.4, -0.2) is 19.1 Å². The van der Waals surface area contributed by atoms with Crippen LogP contribution in [-0.2, 0) is 0 Å². The Hall–Kier alpha value is -0.390. The summed E-state index contributed by atoms with van der Waals surface area (Å²) < 4.78 is 13.5. The lowest BCUT2D eigenvalue weighted by atomic mass is 10.0. The molecule has 0 saturated carbocycles. The Morgan fingerprint density at radius 1 is 1.47 bits per heavy atom. The summed E-state index contributed by atoms with van der Waals surface area (Å²) in [7, 11) is 0. The van der Waals surface area contributed by atoms with Crippen molar-refractivity contribution in [2.45, 2.75) is 25.9 Å². The fourth-order valence-electron chi connectivity index (χ4n) is 2.26. The summed E-state index contributed by atoms with van der Waals surface area (Å²) in [5.74, 6) is 0.0424. The van der Waals surface area contributed by atoms with E-state index in [4.69, 9.17) is 23.2 Å². The second-order valence-electron chi connectivity index (χ2n) is 4.96. The summed E-state index contributed by atoms with van der Waals surface area (Å²) in [5.41, 5.74) is 6.90. The lowest BCUT2D eigenvalue weighted by Crippen LogP contribution is -2.33. The van der Waals surface area contributed by atoms with Gasteiger partial charge in [0, 0.05) is 41.7 Å². The van der Waals surface area contributed by atoms with Crippen molar-refractivity contribution in [3.8, 4) is 0 Å². The van der Waals surface area contributed by atoms with Crippen LogP contribution in [0.2, 0.25) is 10.0 Å². The standard InChI is InChI=1S/C13H18Cl2FN3/c1-7-9(6-18-19-7)5-17-8(2)12-10(14)3-4-11(16)13(12)15/h3-4,7-9,17-19H,5-6H2,1-2H3. The first-order valence-electron chi connectivity index (χ1n) is 6.36. The second kappa shape index (κ2) is 6.37. The predicted molar refractivity (Wildman–Crippen MR) is 76.9 cm³/mol. The summed E-state index contributed by atoms with van der Waals surface area (Å²) in [4.78, 5) is 0. The SMILES string of the molecule is CC(NCC1CNNC1C)c1c(Cl)ccc(F)c1Cl. The zero-order valence-electron chi connectivity index (χ0n) is 10.9. The van der Waals surface area contributed by atoms with Crippen molar-refractivity contribution in [1.29, 1.82) is 0 Å². The first-order chi connectivity index (χ1) is 9.00. The largest absolute Gasteiger partial charge is 0.310 e. The molecule has 1 fully saturated rings. The smallest absolute Gasteiger partial charge is 0.142 e. The number of benzene rings is 1. The van der Waals surface area contributed by atoms with Gasteiger partial charge in [-0.25, -0.2) is 4.39 Å². The van der Waals surface area contributed by atoms with Crippen LogP contribution in [0.1, 0.15) is 25.5 Å². The summed E-state index contributed by atoms with van der Waals surface area (Å²) in [6.45, 7) is 5.78. The minimum Gasteiger partial charge on any atom is -0.310 e. The maximum Gasteiger partial charge on any atom is 0.142 e. The Morgan fingerprint density at radius 2 is 2.21 bits per heavy atom. The molecule has 1 aliphatic rings. The molecule has 3 N–H and O–H groups in total. The molecule has 3 nitrogen and oxygen atoms in total. The van der Waals surface area contributed by atoms with Gasteiger partial charge in [-0.15, -0.1) is 0 Å².